The summed E-state index contributed by atoms with van der Waals surface area (Å²) in [4.78, 5) is 5.17. The molecule has 0 aromatic rings. The smallest absolute Gasteiger partial charge is 0.101 e. The first-order valence-corrected chi connectivity index (χ1v) is 14.4. The highest BCUT2D eigenvalue weighted by Gasteiger charge is 2.26. The second kappa shape index (κ2) is 20.0. The number of unbranched alkanes of at least 4 members (excludes halogenated alkanes) is 17. The fraction of sp³-hybridized carbons (Fsp3) is 0.931. The van der Waals surface area contributed by atoms with Crippen LogP contribution >= 0.6 is 0 Å². The van der Waals surface area contributed by atoms with Crippen LogP contribution in [0.3, 0.4) is 0 Å². The maximum absolute atomic E-state index is 2.61. The molecule has 184 valence electrons. The van der Waals surface area contributed by atoms with Gasteiger partial charge in [0.25, 0.3) is 0 Å². The summed E-state index contributed by atoms with van der Waals surface area (Å²) in [6.45, 7) is 10.5. The molecule has 0 N–H and O–H groups in total. The maximum Gasteiger partial charge on any atom is 0.101 e. The van der Waals surface area contributed by atoms with E-state index in [9.17, 15) is 0 Å². The fourth-order valence-corrected chi connectivity index (χ4v) is 4.99. The zero-order valence-corrected chi connectivity index (χ0v) is 22.1. The standard InChI is InChI=1S/C29H58N2/c1-5-7-9-10-11-12-13-14-15-16-17-18-19-20-21-22-23-25-30-26-27-31(28(3)4)29(30)24-8-6-2/h26-29H,5-25H2,1-4H3. The Labute approximate surface area is 197 Å². The van der Waals surface area contributed by atoms with Crippen LogP contribution in [0.4, 0.5) is 0 Å². The van der Waals surface area contributed by atoms with Gasteiger partial charge in [0.15, 0.2) is 0 Å². The van der Waals surface area contributed by atoms with Gasteiger partial charge in [-0.2, -0.15) is 0 Å². The Bertz CT molecular complexity index is 404. The van der Waals surface area contributed by atoms with Crippen molar-refractivity contribution >= 4 is 0 Å². The predicted octanol–water partition coefficient (Wildman–Crippen LogP) is 9.65. The summed E-state index contributed by atoms with van der Waals surface area (Å²) in [6.07, 6.45) is 33.9. The number of hydrogen-bond donors (Lipinski definition) is 0. The Morgan fingerprint density at radius 3 is 1.39 bits per heavy atom. The van der Waals surface area contributed by atoms with Gasteiger partial charge in [0.1, 0.15) is 6.17 Å². The largest absolute Gasteiger partial charge is 0.356 e. The molecule has 1 aliphatic rings. The van der Waals surface area contributed by atoms with Crippen LogP contribution < -0.4 is 0 Å². The summed E-state index contributed by atoms with van der Waals surface area (Å²) in [5.41, 5.74) is 0. The molecule has 1 atom stereocenters. The first-order chi connectivity index (χ1) is 15.2. The van der Waals surface area contributed by atoms with Crippen LogP contribution in [0.5, 0.6) is 0 Å². The monoisotopic (exact) mass is 434 g/mol. The fourth-order valence-electron chi connectivity index (χ4n) is 4.99. The summed E-state index contributed by atoms with van der Waals surface area (Å²) in [6, 6.07) is 0.610. The van der Waals surface area contributed by atoms with E-state index in [1.807, 2.05) is 0 Å². The van der Waals surface area contributed by atoms with Crippen LogP contribution in [0, 0.1) is 0 Å². The Balaban J connectivity index is 1.88. The molecular formula is C29H58N2. The van der Waals surface area contributed by atoms with E-state index >= 15 is 0 Å². The van der Waals surface area contributed by atoms with Crippen LogP contribution in [0.1, 0.15) is 156 Å². The molecule has 2 nitrogen and oxygen atoms in total. The number of hydrogen-bond acceptors (Lipinski definition) is 2. The lowest BCUT2D eigenvalue weighted by Crippen LogP contribution is -2.42. The van der Waals surface area contributed by atoms with Crippen molar-refractivity contribution in [3.63, 3.8) is 0 Å². The average Bonchev–Trinajstić information content (AvgIpc) is 3.17. The van der Waals surface area contributed by atoms with E-state index in [4.69, 9.17) is 0 Å². The van der Waals surface area contributed by atoms with Gasteiger partial charge in [-0.05, 0) is 33.1 Å². The van der Waals surface area contributed by atoms with Gasteiger partial charge in [0.05, 0.1) is 0 Å². The molecule has 0 aromatic heterocycles. The van der Waals surface area contributed by atoms with E-state index < -0.39 is 0 Å². The molecule has 0 aliphatic carbocycles. The molecule has 0 radical (unpaired) electrons. The maximum atomic E-state index is 2.61. The van der Waals surface area contributed by atoms with E-state index in [0.29, 0.717) is 12.2 Å². The minimum atomic E-state index is 0.610. The van der Waals surface area contributed by atoms with E-state index in [1.165, 1.54) is 135 Å². The van der Waals surface area contributed by atoms with Gasteiger partial charge in [-0.3, -0.25) is 0 Å². The van der Waals surface area contributed by atoms with Crippen LogP contribution in [-0.2, 0) is 0 Å². The zero-order valence-electron chi connectivity index (χ0n) is 22.1. The van der Waals surface area contributed by atoms with Crippen LogP contribution in [0.2, 0.25) is 0 Å². The van der Waals surface area contributed by atoms with Gasteiger partial charge in [-0.25, -0.2) is 0 Å². The second-order valence-corrected chi connectivity index (χ2v) is 10.4. The van der Waals surface area contributed by atoms with Crippen LogP contribution in [-0.4, -0.2) is 28.6 Å². The molecule has 1 unspecified atom stereocenters. The molecule has 0 fully saturated rings. The number of nitrogens with zero attached hydrogens (tertiary/aromatic N) is 2. The molecule has 0 spiro atoms. The SMILES string of the molecule is CCCCCCCCCCCCCCCCCCCN1C=CN(C(C)C)C1CCCC. The first kappa shape index (κ1) is 28.4. The molecule has 0 bridgehead atoms. The second-order valence-electron chi connectivity index (χ2n) is 10.4. The lowest BCUT2D eigenvalue weighted by atomic mass is 10.0. The molecule has 1 aliphatic heterocycles. The first-order valence-electron chi connectivity index (χ1n) is 14.4. The third-order valence-electron chi connectivity index (χ3n) is 7.09. The van der Waals surface area contributed by atoms with Gasteiger partial charge >= 0.3 is 0 Å². The van der Waals surface area contributed by atoms with Gasteiger partial charge in [0.2, 0.25) is 0 Å². The lowest BCUT2D eigenvalue weighted by molar-refractivity contribution is 0.114. The quantitative estimate of drug-likeness (QED) is 0.156. The summed E-state index contributed by atoms with van der Waals surface area (Å²) in [7, 11) is 0. The third-order valence-corrected chi connectivity index (χ3v) is 7.09. The van der Waals surface area contributed by atoms with E-state index in [2.05, 4.69) is 49.9 Å². The van der Waals surface area contributed by atoms with Crippen LogP contribution in [0.25, 0.3) is 0 Å². The van der Waals surface area contributed by atoms with Crippen molar-refractivity contribution in [3.05, 3.63) is 12.4 Å². The Kier molecular flexibility index (Phi) is 18.3. The van der Waals surface area contributed by atoms with Crippen molar-refractivity contribution in [2.45, 2.75) is 168 Å². The van der Waals surface area contributed by atoms with Gasteiger partial charge < -0.3 is 9.80 Å². The van der Waals surface area contributed by atoms with E-state index in [0.717, 1.165) is 0 Å². The molecule has 1 heterocycles. The normalized spacial score (nSPS) is 16.2. The van der Waals surface area contributed by atoms with Crippen molar-refractivity contribution in [1.82, 2.24) is 9.80 Å². The van der Waals surface area contributed by atoms with Crippen molar-refractivity contribution in [2.75, 3.05) is 6.54 Å². The van der Waals surface area contributed by atoms with E-state index in [-0.39, 0.29) is 0 Å². The van der Waals surface area contributed by atoms with Crippen molar-refractivity contribution < 1.29 is 0 Å². The molecule has 0 aromatic carbocycles. The molecule has 0 amide bonds. The summed E-state index contributed by atoms with van der Waals surface area (Å²) >= 11 is 0. The van der Waals surface area contributed by atoms with Crippen molar-refractivity contribution in [1.29, 1.82) is 0 Å². The molecule has 2 heteroatoms. The third kappa shape index (κ3) is 14.2. The van der Waals surface area contributed by atoms with Crippen molar-refractivity contribution in [3.8, 4) is 0 Å². The summed E-state index contributed by atoms with van der Waals surface area (Å²) in [5, 5.41) is 0. The van der Waals surface area contributed by atoms with Gasteiger partial charge in [0, 0.05) is 25.0 Å². The van der Waals surface area contributed by atoms with Gasteiger partial charge in [-0.15, -0.1) is 0 Å². The summed E-state index contributed by atoms with van der Waals surface area (Å²) < 4.78 is 0. The molecular weight excluding hydrogens is 376 g/mol. The highest BCUT2D eigenvalue weighted by atomic mass is 15.4. The summed E-state index contributed by atoms with van der Waals surface area (Å²) in [5.74, 6) is 0. The highest BCUT2D eigenvalue weighted by Crippen LogP contribution is 2.24. The topological polar surface area (TPSA) is 6.48 Å². The highest BCUT2D eigenvalue weighted by molar-refractivity contribution is 4.98. The van der Waals surface area contributed by atoms with E-state index in [1.54, 1.807) is 0 Å². The zero-order chi connectivity index (χ0) is 22.6. The average molecular weight is 435 g/mol. The van der Waals surface area contributed by atoms with Gasteiger partial charge in [-0.1, -0.05) is 123 Å². The molecule has 31 heavy (non-hydrogen) atoms. The minimum Gasteiger partial charge on any atom is -0.356 e. The Hall–Kier alpha value is -0.660. The van der Waals surface area contributed by atoms with Crippen LogP contribution in [0.15, 0.2) is 12.4 Å². The van der Waals surface area contributed by atoms with Crippen molar-refractivity contribution in [2.24, 2.45) is 0 Å². The Morgan fingerprint density at radius 2 is 0.968 bits per heavy atom. The Morgan fingerprint density at radius 1 is 0.548 bits per heavy atom. The lowest BCUT2D eigenvalue weighted by Gasteiger charge is -2.35. The number of rotatable bonds is 22. The molecule has 0 saturated carbocycles. The molecule has 0 saturated heterocycles. The molecule has 1 rings (SSSR count). The predicted molar refractivity (Wildman–Crippen MR) is 140 cm³/mol. The minimum absolute atomic E-state index is 0.610.